The number of halogens is 1. The van der Waals surface area contributed by atoms with Crippen molar-refractivity contribution < 1.29 is 30.8 Å². The second kappa shape index (κ2) is 9.59. The minimum atomic E-state index is -4.28. The van der Waals surface area contributed by atoms with E-state index in [9.17, 15) is 26.0 Å². The molecule has 1 N–H and O–H groups in total. The van der Waals surface area contributed by atoms with Crippen LogP contribution in [0.2, 0.25) is 0 Å². The number of nitrogens with zero attached hydrogens (tertiary/aromatic N) is 1. The van der Waals surface area contributed by atoms with Gasteiger partial charge in [0.2, 0.25) is 0 Å². The van der Waals surface area contributed by atoms with Gasteiger partial charge in [-0.3, -0.25) is 4.79 Å². The molecule has 0 radical (unpaired) electrons. The summed E-state index contributed by atoms with van der Waals surface area (Å²) in [6, 6.07) is 10.1. The van der Waals surface area contributed by atoms with E-state index >= 15 is 0 Å². The van der Waals surface area contributed by atoms with Crippen LogP contribution in [0.5, 0.6) is 0 Å². The molecular weight excluding hydrogens is 479 g/mol. The van der Waals surface area contributed by atoms with Gasteiger partial charge < -0.3 is 10.1 Å². The Balaban J connectivity index is 1.69. The van der Waals surface area contributed by atoms with Gasteiger partial charge in [0.1, 0.15) is 22.6 Å². The summed E-state index contributed by atoms with van der Waals surface area (Å²) < 4.78 is 72.0. The summed E-state index contributed by atoms with van der Waals surface area (Å²) in [4.78, 5) is 12.5. The highest BCUT2D eigenvalue weighted by atomic mass is 32.2. The van der Waals surface area contributed by atoms with E-state index in [0.717, 1.165) is 17.8 Å². The van der Waals surface area contributed by atoms with Crippen molar-refractivity contribution in [3.05, 3.63) is 48.3 Å². The fourth-order valence-corrected chi connectivity index (χ4v) is 7.00. The van der Waals surface area contributed by atoms with E-state index < -0.39 is 48.4 Å². The molecule has 0 saturated heterocycles. The molecule has 32 heavy (non-hydrogen) atoms. The predicted molar refractivity (Wildman–Crippen MR) is 120 cm³/mol. The standard InChI is InChI=1S/C20H21FN2O6S3/c1-3-11-31(25,26)17-10-5-4-9-16(17)30-13(2)20(24)29-12-18-22-15-8-6-7-14(21)19(15)32(27,28)23-18/h4-10,13H,3,11-12H2,1-2H3,(H,22,23). The van der Waals surface area contributed by atoms with Crippen molar-refractivity contribution in [1.82, 2.24) is 0 Å². The van der Waals surface area contributed by atoms with Crippen molar-refractivity contribution in [2.45, 2.75) is 40.2 Å². The molecule has 0 saturated carbocycles. The Labute approximate surface area is 190 Å². The number of anilines is 1. The predicted octanol–water partition coefficient (Wildman–Crippen LogP) is 3.25. The first-order valence-electron chi connectivity index (χ1n) is 9.59. The van der Waals surface area contributed by atoms with Crippen molar-refractivity contribution in [2.75, 3.05) is 17.7 Å². The zero-order valence-corrected chi connectivity index (χ0v) is 19.7. The van der Waals surface area contributed by atoms with Crippen LogP contribution in [0.25, 0.3) is 0 Å². The van der Waals surface area contributed by atoms with E-state index in [1.165, 1.54) is 18.2 Å². The maximum Gasteiger partial charge on any atom is 0.319 e. The molecule has 2 aromatic rings. The van der Waals surface area contributed by atoms with Crippen molar-refractivity contribution in [3.63, 3.8) is 0 Å². The lowest BCUT2D eigenvalue weighted by atomic mass is 10.3. The lowest BCUT2D eigenvalue weighted by molar-refractivity contribution is -0.140. The number of nitrogens with one attached hydrogen (secondary N) is 1. The molecule has 0 amide bonds. The Kier molecular flexibility index (Phi) is 7.25. The van der Waals surface area contributed by atoms with E-state index in [1.807, 2.05) is 0 Å². The van der Waals surface area contributed by atoms with Gasteiger partial charge in [0, 0.05) is 4.90 Å². The van der Waals surface area contributed by atoms with Gasteiger partial charge in [0.05, 0.1) is 16.3 Å². The molecule has 1 unspecified atom stereocenters. The van der Waals surface area contributed by atoms with Crippen LogP contribution in [0, 0.1) is 5.82 Å². The third-order valence-electron chi connectivity index (χ3n) is 4.38. The summed E-state index contributed by atoms with van der Waals surface area (Å²) >= 11 is 1.03. The smallest absolute Gasteiger partial charge is 0.319 e. The van der Waals surface area contributed by atoms with E-state index in [1.54, 1.807) is 32.0 Å². The highest BCUT2D eigenvalue weighted by Crippen LogP contribution is 2.32. The SMILES string of the molecule is CCCS(=O)(=O)c1ccccc1SC(C)C(=O)OCC1=NS(=O)(=O)c2c(F)cccc2N1. The molecule has 1 aliphatic heterocycles. The topological polar surface area (TPSA) is 119 Å². The highest BCUT2D eigenvalue weighted by molar-refractivity contribution is 8.01. The molecule has 0 fully saturated rings. The fourth-order valence-electron chi connectivity index (χ4n) is 2.98. The first kappa shape index (κ1) is 24.2. The highest BCUT2D eigenvalue weighted by Gasteiger charge is 2.29. The van der Waals surface area contributed by atoms with Crippen molar-refractivity contribution in [3.8, 4) is 0 Å². The van der Waals surface area contributed by atoms with Crippen LogP contribution in [0.3, 0.4) is 0 Å². The minimum absolute atomic E-state index is 0.00327. The molecule has 0 aliphatic carbocycles. The largest absolute Gasteiger partial charge is 0.457 e. The summed E-state index contributed by atoms with van der Waals surface area (Å²) in [6.45, 7) is 2.84. The van der Waals surface area contributed by atoms with Gasteiger partial charge >= 0.3 is 5.97 Å². The first-order chi connectivity index (χ1) is 15.0. The number of hydrogen-bond donors (Lipinski definition) is 1. The molecule has 1 heterocycles. The third-order valence-corrected chi connectivity index (χ3v) is 9.03. The number of hydrogen-bond acceptors (Lipinski definition) is 8. The molecule has 8 nitrogen and oxygen atoms in total. The Morgan fingerprint density at radius 3 is 2.66 bits per heavy atom. The summed E-state index contributed by atoms with van der Waals surface area (Å²) in [6.07, 6.45) is 0.462. The number of carbonyl (C=O) groups is 1. The summed E-state index contributed by atoms with van der Waals surface area (Å²) in [5.74, 6) is -1.80. The molecule has 0 spiro atoms. The Morgan fingerprint density at radius 2 is 1.94 bits per heavy atom. The number of benzene rings is 2. The maximum atomic E-state index is 13.9. The number of amidine groups is 1. The van der Waals surface area contributed by atoms with E-state index in [4.69, 9.17) is 4.74 Å². The number of rotatable bonds is 8. The Morgan fingerprint density at radius 1 is 1.22 bits per heavy atom. The average molecular weight is 501 g/mol. The number of ether oxygens (including phenoxy) is 1. The number of sulfonamides is 1. The normalized spacial score (nSPS) is 15.8. The van der Waals surface area contributed by atoms with Gasteiger partial charge in [-0.15, -0.1) is 16.2 Å². The monoisotopic (exact) mass is 500 g/mol. The van der Waals surface area contributed by atoms with Gasteiger partial charge in [-0.1, -0.05) is 25.1 Å². The van der Waals surface area contributed by atoms with Crippen LogP contribution < -0.4 is 5.32 Å². The van der Waals surface area contributed by atoms with Crippen molar-refractivity contribution in [1.29, 1.82) is 0 Å². The van der Waals surface area contributed by atoms with Crippen molar-refractivity contribution >= 4 is 49.1 Å². The quantitative estimate of drug-likeness (QED) is 0.433. The zero-order valence-electron chi connectivity index (χ0n) is 17.2. The van der Waals surface area contributed by atoms with Gasteiger partial charge in [0.25, 0.3) is 10.0 Å². The molecule has 2 aromatic carbocycles. The molecule has 0 aromatic heterocycles. The molecule has 12 heteroatoms. The maximum absolute atomic E-state index is 13.9. The van der Waals surface area contributed by atoms with Crippen LogP contribution in [-0.4, -0.2) is 46.3 Å². The zero-order chi connectivity index (χ0) is 23.5. The van der Waals surface area contributed by atoms with Crippen LogP contribution in [0.1, 0.15) is 20.3 Å². The van der Waals surface area contributed by atoms with Crippen LogP contribution in [0.4, 0.5) is 10.1 Å². The number of carbonyl (C=O) groups excluding carboxylic acids is 1. The molecule has 3 rings (SSSR count). The van der Waals surface area contributed by atoms with Gasteiger partial charge in [-0.05, 0) is 37.6 Å². The molecule has 0 bridgehead atoms. The lowest BCUT2D eigenvalue weighted by Gasteiger charge is -2.19. The average Bonchev–Trinajstić information content (AvgIpc) is 2.71. The Hall–Kier alpha value is -2.44. The van der Waals surface area contributed by atoms with E-state index in [0.29, 0.717) is 11.3 Å². The van der Waals surface area contributed by atoms with Gasteiger partial charge in [-0.25, -0.2) is 12.8 Å². The molecule has 172 valence electrons. The van der Waals surface area contributed by atoms with Crippen LogP contribution in [0.15, 0.2) is 61.5 Å². The Bertz CT molecular complexity index is 1280. The van der Waals surface area contributed by atoms with Crippen LogP contribution >= 0.6 is 11.8 Å². The second-order valence-electron chi connectivity index (χ2n) is 6.89. The minimum Gasteiger partial charge on any atom is -0.457 e. The van der Waals surface area contributed by atoms with Gasteiger partial charge in [0.15, 0.2) is 15.7 Å². The number of fused-ring (bicyclic) bond motifs is 1. The molecule has 1 atom stereocenters. The second-order valence-corrected chi connectivity index (χ2v) is 11.9. The fraction of sp³-hybridized carbons (Fsp3) is 0.300. The lowest BCUT2D eigenvalue weighted by Crippen LogP contribution is -2.29. The third kappa shape index (κ3) is 5.30. The number of sulfone groups is 1. The molecular formula is C20H21FN2O6S3. The number of thioether (sulfide) groups is 1. The summed E-state index contributed by atoms with van der Waals surface area (Å²) in [5, 5.41) is 1.87. The van der Waals surface area contributed by atoms with E-state index in [-0.39, 0.29) is 22.2 Å². The van der Waals surface area contributed by atoms with Gasteiger partial charge in [-0.2, -0.15) is 8.42 Å². The summed E-state index contributed by atoms with van der Waals surface area (Å²) in [7, 11) is -7.76. The number of esters is 1. The van der Waals surface area contributed by atoms with Crippen LogP contribution in [-0.2, 0) is 29.4 Å². The first-order valence-corrected chi connectivity index (χ1v) is 13.6. The molecule has 1 aliphatic rings. The van der Waals surface area contributed by atoms with Crippen molar-refractivity contribution in [2.24, 2.45) is 4.40 Å². The summed E-state index contributed by atoms with van der Waals surface area (Å²) in [5.41, 5.74) is 0.00327. The van der Waals surface area contributed by atoms with E-state index in [2.05, 4.69) is 9.71 Å².